The molecule has 92 valence electrons. The zero-order valence-corrected chi connectivity index (χ0v) is 8.91. The molecule has 3 atom stereocenters. The molecule has 0 saturated heterocycles. The number of hydrogen-bond donors (Lipinski definition) is 0. The average Bonchev–Trinajstić information content (AvgIpc) is 2.86. The second kappa shape index (κ2) is 4.25. The van der Waals surface area contributed by atoms with Crippen LogP contribution in [0.3, 0.4) is 0 Å². The Kier molecular flexibility index (Phi) is 3.33. The third-order valence-electron chi connectivity index (χ3n) is 2.55. The molecule has 3 unspecified atom stereocenters. The average molecular weight is 246 g/mol. The molecule has 0 aliphatic heterocycles. The lowest BCUT2D eigenvalue weighted by atomic mass is 10.2. The van der Waals surface area contributed by atoms with Gasteiger partial charge in [-0.2, -0.15) is 23.7 Å². The summed E-state index contributed by atoms with van der Waals surface area (Å²) in [6.45, 7) is 1.65. The van der Waals surface area contributed by atoms with Crippen LogP contribution in [0.5, 0.6) is 0 Å². The van der Waals surface area contributed by atoms with E-state index in [0.717, 1.165) is 0 Å². The molecule has 0 bridgehead atoms. The molecule has 0 N–H and O–H groups in total. The molecule has 1 aliphatic carbocycles. The Labute approximate surface area is 95.6 Å². The van der Waals surface area contributed by atoms with Gasteiger partial charge in [-0.05, 0) is 6.42 Å². The van der Waals surface area contributed by atoms with Gasteiger partial charge in [0.2, 0.25) is 5.60 Å². The van der Waals surface area contributed by atoms with E-state index in [0.29, 0.717) is 6.42 Å². The number of carbonyl (C=O) groups is 1. The van der Waals surface area contributed by atoms with Crippen LogP contribution in [0.4, 0.5) is 13.2 Å². The Morgan fingerprint density at radius 3 is 2.35 bits per heavy atom. The Morgan fingerprint density at radius 1 is 1.47 bits per heavy atom. The van der Waals surface area contributed by atoms with E-state index in [4.69, 9.17) is 10.5 Å². The van der Waals surface area contributed by atoms with Gasteiger partial charge in [-0.3, -0.25) is 4.79 Å². The van der Waals surface area contributed by atoms with Crippen molar-refractivity contribution in [2.45, 2.75) is 31.5 Å². The number of ether oxygens (including phenoxy) is 1. The number of esters is 1. The van der Waals surface area contributed by atoms with Gasteiger partial charge in [-0.1, -0.05) is 6.92 Å². The van der Waals surface area contributed by atoms with Gasteiger partial charge in [-0.15, -0.1) is 0 Å². The standard InChI is InChI=1S/C10H9F3N2O2/c1-2-3-7(16)17-9(5-15)6(4-14)8(9)10(11,12)13/h6,8H,2-3H2,1H3. The summed E-state index contributed by atoms with van der Waals surface area (Å²) in [5, 5.41) is 17.3. The van der Waals surface area contributed by atoms with Crippen molar-refractivity contribution in [1.82, 2.24) is 0 Å². The fraction of sp³-hybridized carbons (Fsp3) is 0.700. The number of alkyl halides is 3. The molecule has 1 fully saturated rings. The fourth-order valence-electron chi connectivity index (χ4n) is 1.70. The Morgan fingerprint density at radius 2 is 2.06 bits per heavy atom. The first-order valence-electron chi connectivity index (χ1n) is 4.93. The summed E-state index contributed by atoms with van der Waals surface area (Å²) in [5.74, 6) is -4.72. The van der Waals surface area contributed by atoms with Gasteiger partial charge >= 0.3 is 12.1 Å². The Bertz CT molecular complexity index is 407. The Hall–Kier alpha value is -1.76. The SMILES string of the molecule is CCCC(=O)OC1(C#N)C(C#N)C1C(F)(F)F. The fourth-order valence-corrected chi connectivity index (χ4v) is 1.70. The van der Waals surface area contributed by atoms with Crippen molar-refractivity contribution in [3.8, 4) is 12.1 Å². The van der Waals surface area contributed by atoms with E-state index in [2.05, 4.69) is 4.74 Å². The molecule has 0 aromatic rings. The van der Waals surface area contributed by atoms with Crippen LogP contribution in [0, 0.1) is 34.5 Å². The minimum atomic E-state index is -4.72. The number of halogens is 3. The lowest BCUT2D eigenvalue weighted by Gasteiger charge is -2.11. The molecule has 7 heteroatoms. The normalized spacial score (nSPS) is 31.2. The number of nitrogens with zero attached hydrogens (tertiary/aromatic N) is 2. The van der Waals surface area contributed by atoms with Crippen molar-refractivity contribution in [3.63, 3.8) is 0 Å². The zero-order chi connectivity index (χ0) is 13.3. The van der Waals surface area contributed by atoms with Crippen LogP contribution in [0.15, 0.2) is 0 Å². The molecule has 4 nitrogen and oxygen atoms in total. The lowest BCUT2D eigenvalue weighted by Crippen LogP contribution is -2.26. The third-order valence-corrected chi connectivity index (χ3v) is 2.55. The number of nitriles is 2. The van der Waals surface area contributed by atoms with E-state index in [9.17, 15) is 18.0 Å². The molecule has 17 heavy (non-hydrogen) atoms. The van der Waals surface area contributed by atoms with E-state index in [-0.39, 0.29) is 6.42 Å². The summed E-state index contributed by atoms with van der Waals surface area (Å²) in [6.07, 6.45) is -4.40. The van der Waals surface area contributed by atoms with E-state index in [1.807, 2.05) is 0 Å². The molecular formula is C10H9F3N2O2. The predicted octanol–water partition coefficient (Wildman–Crippen LogP) is 1.92. The maximum Gasteiger partial charge on any atom is 0.398 e. The highest BCUT2D eigenvalue weighted by Gasteiger charge is 2.80. The molecular weight excluding hydrogens is 237 g/mol. The van der Waals surface area contributed by atoms with Crippen LogP contribution in [0.2, 0.25) is 0 Å². The van der Waals surface area contributed by atoms with Crippen LogP contribution in [0.1, 0.15) is 19.8 Å². The minimum Gasteiger partial charge on any atom is -0.441 e. The van der Waals surface area contributed by atoms with Crippen LogP contribution in [-0.4, -0.2) is 17.7 Å². The van der Waals surface area contributed by atoms with Crippen LogP contribution in [-0.2, 0) is 9.53 Å². The van der Waals surface area contributed by atoms with Crippen molar-refractivity contribution in [2.75, 3.05) is 0 Å². The van der Waals surface area contributed by atoms with Crippen LogP contribution < -0.4 is 0 Å². The first-order valence-corrected chi connectivity index (χ1v) is 4.93. The molecule has 1 aliphatic rings. The van der Waals surface area contributed by atoms with Crippen molar-refractivity contribution >= 4 is 5.97 Å². The molecule has 0 aromatic carbocycles. The van der Waals surface area contributed by atoms with E-state index >= 15 is 0 Å². The van der Waals surface area contributed by atoms with Crippen LogP contribution >= 0.6 is 0 Å². The molecule has 1 rings (SSSR count). The van der Waals surface area contributed by atoms with E-state index in [1.54, 1.807) is 6.92 Å². The number of hydrogen-bond acceptors (Lipinski definition) is 4. The van der Waals surface area contributed by atoms with Gasteiger partial charge in [-0.25, -0.2) is 0 Å². The molecule has 0 spiro atoms. The lowest BCUT2D eigenvalue weighted by molar-refractivity contribution is -0.171. The van der Waals surface area contributed by atoms with Gasteiger partial charge in [0, 0.05) is 6.42 Å². The van der Waals surface area contributed by atoms with Crippen molar-refractivity contribution in [3.05, 3.63) is 0 Å². The van der Waals surface area contributed by atoms with E-state index in [1.165, 1.54) is 12.1 Å². The van der Waals surface area contributed by atoms with Crippen molar-refractivity contribution in [1.29, 1.82) is 10.5 Å². The topological polar surface area (TPSA) is 73.9 Å². The van der Waals surface area contributed by atoms with Gasteiger partial charge in [0.1, 0.15) is 17.9 Å². The molecule has 0 aromatic heterocycles. The summed E-state index contributed by atoms with van der Waals surface area (Å²) in [4.78, 5) is 11.1. The number of rotatable bonds is 3. The minimum absolute atomic E-state index is 0.0772. The van der Waals surface area contributed by atoms with Gasteiger partial charge in [0.15, 0.2) is 0 Å². The highest BCUT2D eigenvalue weighted by Crippen LogP contribution is 2.60. The van der Waals surface area contributed by atoms with Gasteiger partial charge < -0.3 is 4.74 Å². The second-order valence-corrected chi connectivity index (χ2v) is 3.76. The molecule has 1 saturated carbocycles. The summed E-state index contributed by atoms with van der Waals surface area (Å²) in [6, 6.07) is 2.68. The van der Waals surface area contributed by atoms with Crippen molar-refractivity contribution in [2.24, 2.45) is 11.8 Å². The maximum atomic E-state index is 12.5. The van der Waals surface area contributed by atoms with Gasteiger partial charge in [0.05, 0.1) is 6.07 Å². The molecule has 0 amide bonds. The first kappa shape index (κ1) is 13.3. The first-order chi connectivity index (χ1) is 7.83. The zero-order valence-electron chi connectivity index (χ0n) is 8.91. The largest absolute Gasteiger partial charge is 0.441 e. The van der Waals surface area contributed by atoms with Crippen LogP contribution in [0.25, 0.3) is 0 Å². The summed E-state index contributed by atoms with van der Waals surface area (Å²) < 4.78 is 42.0. The maximum absolute atomic E-state index is 12.5. The highest BCUT2D eigenvalue weighted by molar-refractivity contribution is 5.71. The summed E-state index contributed by atoms with van der Waals surface area (Å²) >= 11 is 0. The van der Waals surface area contributed by atoms with Crippen molar-refractivity contribution < 1.29 is 22.7 Å². The highest BCUT2D eigenvalue weighted by atomic mass is 19.4. The molecule has 0 radical (unpaired) electrons. The smallest absolute Gasteiger partial charge is 0.398 e. The quantitative estimate of drug-likeness (QED) is 0.713. The number of carbonyl (C=O) groups excluding carboxylic acids is 1. The second-order valence-electron chi connectivity index (χ2n) is 3.76. The third kappa shape index (κ3) is 2.19. The molecule has 0 heterocycles. The van der Waals surface area contributed by atoms with Gasteiger partial charge in [0.25, 0.3) is 0 Å². The van der Waals surface area contributed by atoms with E-state index < -0.39 is 29.6 Å². The summed E-state index contributed by atoms with van der Waals surface area (Å²) in [7, 11) is 0. The summed E-state index contributed by atoms with van der Waals surface area (Å²) in [5.41, 5.74) is -2.35. The monoisotopic (exact) mass is 246 g/mol. The Balaban J connectivity index is 2.89. The predicted molar refractivity (Wildman–Crippen MR) is 48.0 cm³/mol.